The molecule has 1 N–H and O–H groups in total. The Morgan fingerprint density at radius 2 is 2.36 bits per heavy atom. The zero-order valence-corrected chi connectivity index (χ0v) is 7.64. The largest absolute Gasteiger partial charge is 0.315 e. The summed E-state index contributed by atoms with van der Waals surface area (Å²) in [4.78, 5) is 0. The first-order valence-electron chi connectivity index (χ1n) is 4.69. The Morgan fingerprint density at radius 3 is 2.91 bits per heavy atom. The van der Waals surface area contributed by atoms with Gasteiger partial charge in [0.2, 0.25) is 0 Å². The van der Waals surface area contributed by atoms with E-state index in [0.717, 1.165) is 5.92 Å². The van der Waals surface area contributed by atoms with Gasteiger partial charge in [-0.2, -0.15) is 0 Å². The van der Waals surface area contributed by atoms with E-state index in [0.29, 0.717) is 6.04 Å². The van der Waals surface area contributed by atoms with E-state index in [4.69, 9.17) is 0 Å². The van der Waals surface area contributed by atoms with Gasteiger partial charge in [0.05, 0.1) is 0 Å². The van der Waals surface area contributed by atoms with Gasteiger partial charge in [-0.1, -0.05) is 26.0 Å². The van der Waals surface area contributed by atoms with Crippen molar-refractivity contribution >= 4 is 0 Å². The first-order valence-corrected chi connectivity index (χ1v) is 4.69. The summed E-state index contributed by atoms with van der Waals surface area (Å²) in [5.74, 6) is 0.862. The summed E-state index contributed by atoms with van der Waals surface area (Å²) in [7, 11) is 0. The Morgan fingerprint density at radius 1 is 1.55 bits per heavy atom. The van der Waals surface area contributed by atoms with Crippen LogP contribution in [-0.2, 0) is 0 Å². The fourth-order valence-corrected chi connectivity index (χ4v) is 1.49. The van der Waals surface area contributed by atoms with Gasteiger partial charge in [-0.25, -0.2) is 0 Å². The average molecular weight is 153 g/mol. The minimum Gasteiger partial charge on any atom is -0.315 e. The SMILES string of the molecule is CC(C)NCCC1C=CCC1. The molecule has 0 saturated carbocycles. The predicted octanol–water partition coefficient (Wildman–Crippen LogP) is 2.34. The van der Waals surface area contributed by atoms with Crippen molar-refractivity contribution in [2.75, 3.05) is 6.54 Å². The zero-order chi connectivity index (χ0) is 8.10. The molecule has 1 aliphatic carbocycles. The van der Waals surface area contributed by atoms with Gasteiger partial charge in [0, 0.05) is 6.04 Å². The van der Waals surface area contributed by atoms with Crippen LogP contribution in [0.15, 0.2) is 12.2 Å². The number of allylic oxidation sites excluding steroid dienone is 2. The van der Waals surface area contributed by atoms with Crippen LogP contribution in [0.5, 0.6) is 0 Å². The summed E-state index contributed by atoms with van der Waals surface area (Å²) in [5.41, 5.74) is 0. The van der Waals surface area contributed by atoms with Crippen molar-refractivity contribution in [3.63, 3.8) is 0 Å². The molecule has 0 amide bonds. The van der Waals surface area contributed by atoms with Gasteiger partial charge in [0.15, 0.2) is 0 Å². The fourth-order valence-electron chi connectivity index (χ4n) is 1.49. The Balaban J connectivity index is 1.98. The second-order valence-corrected chi connectivity index (χ2v) is 3.66. The van der Waals surface area contributed by atoms with Crippen LogP contribution in [-0.4, -0.2) is 12.6 Å². The average Bonchev–Trinajstić information content (AvgIpc) is 2.39. The van der Waals surface area contributed by atoms with Crippen LogP contribution in [0.2, 0.25) is 0 Å². The first kappa shape index (κ1) is 8.79. The Bertz CT molecular complexity index is 127. The summed E-state index contributed by atoms with van der Waals surface area (Å²) in [6, 6.07) is 0.639. The van der Waals surface area contributed by atoms with Crippen LogP contribution in [0.4, 0.5) is 0 Å². The fraction of sp³-hybridized carbons (Fsp3) is 0.800. The molecule has 1 unspecified atom stereocenters. The smallest absolute Gasteiger partial charge is 0.00103 e. The van der Waals surface area contributed by atoms with E-state index in [1.54, 1.807) is 0 Å². The van der Waals surface area contributed by atoms with E-state index >= 15 is 0 Å². The molecule has 1 rings (SSSR count). The quantitative estimate of drug-likeness (QED) is 0.611. The van der Waals surface area contributed by atoms with Crippen molar-refractivity contribution in [2.24, 2.45) is 5.92 Å². The standard InChI is InChI=1S/C10H19N/c1-9(2)11-8-7-10-5-3-4-6-10/h3,5,9-11H,4,6-8H2,1-2H3. The van der Waals surface area contributed by atoms with Crippen LogP contribution in [0.25, 0.3) is 0 Å². The highest BCUT2D eigenvalue weighted by molar-refractivity contribution is 4.96. The zero-order valence-electron chi connectivity index (χ0n) is 7.64. The van der Waals surface area contributed by atoms with Crippen LogP contribution in [0.1, 0.15) is 33.1 Å². The van der Waals surface area contributed by atoms with E-state index in [1.807, 2.05) is 0 Å². The minimum absolute atomic E-state index is 0.639. The van der Waals surface area contributed by atoms with Gasteiger partial charge < -0.3 is 5.32 Å². The molecule has 0 spiro atoms. The first-order chi connectivity index (χ1) is 5.29. The van der Waals surface area contributed by atoms with Crippen LogP contribution in [0.3, 0.4) is 0 Å². The second-order valence-electron chi connectivity index (χ2n) is 3.66. The third kappa shape index (κ3) is 3.57. The number of nitrogens with one attached hydrogen (secondary N) is 1. The highest BCUT2D eigenvalue weighted by atomic mass is 14.9. The van der Waals surface area contributed by atoms with Crippen molar-refractivity contribution in [1.29, 1.82) is 0 Å². The van der Waals surface area contributed by atoms with Gasteiger partial charge in [-0.05, 0) is 31.7 Å². The van der Waals surface area contributed by atoms with Crippen LogP contribution >= 0.6 is 0 Å². The third-order valence-electron chi connectivity index (χ3n) is 2.18. The number of hydrogen-bond donors (Lipinski definition) is 1. The van der Waals surface area contributed by atoms with Gasteiger partial charge in [0.1, 0.15) is 0 Å². The lowest BCUT2D eigenvalue weighted by Crippen LogP contribution is -2.24. The lowest BCUT2D eigenvalue weighted by molar-refractivity contribution is 0.503. The highest BCUT2D eigenvalue weighted by Gasteiger charge is 2.07. The Labute approximate surface area is 69.9 Å². The topological polar surface area (TPSA) is 12.0 Å². The van der Waals surface area contributed by atoms with Crippen LogP contribution < -0.4 is 5.32 Å². The van der Waals surface area contributed by atoms with Crippen molar-refractivity contribution < 1.29 is 0 Å². The summed E-state index contributed by atoms with van der Waals surface area (Å²) in [6.07, 6.45) is 8.66. The molecule has 11 heavy (non-hydrogen) atoms. The molecular weight excluding hydrogens is 134 g/mol. The molecule has 1 nitrogen and oxygen atoms in total. The molecule has 0 saturated heterocycles. The van der Waals surface area contributed by atoms with E-state index in [1.165, 1.54) is 25.8 Å². The molecule has 0 bridgehead atoms. The molecule has 64 valence electrons. The lowest BCUT2D eigenvalue weighted by Gasteiger charge is -2.10. The Hall–Kier alpha value is -0.300. The van der Waals surface area contributed by atoms with Gasteiger partial charge in [-0.15, -0.1) is 0 Å². The molecule has 0 heterocycles. The summed E-state index contributed by atoms with van der Waals surface area (Å²) in [6.45, 7) is 5.57. The maximum Gasteiger partial charge on any atom is 0.00103 e. The normalized spacial score (nSPS) is 23.4. The lowest BCUT2D eigenvalue weighted by atomic mass is 10.1. The van der Waals surface area contributed by atoms with E-state index in [9.17, 15) is 0 Å². The second kappa shape index (κ2) is 4.55. The van der Waals surface area contributed by atoms with Gasteiger partial charge in [0.25, 0.3) is 0 Å². The predicted molar refractivity (Wildman–Crippen MR) is 49.6 cm³/mol. The molecule has 0 fully saturated rings. The summed E-state index contributed by atoms with van der Waals surface area (Å²) < 4.78 is 0. The molecule has 0 aromatic heterocycles. The van der Waals surface area contributed by atoms with Gasteiger partial charge >= 0.3 is 0 Å². The van der Waals surface area contributed by atoms with Crippen LogP contribution in [0, 0.1) is 5.92 Å². The van der Waals surface area contributed by atoms with E-state index in [-0.39, 0.29) is 0 Å². The van der Waals surface area contributed by atoms with Gasteiger partial charge in [-0.3, -0.25) is 0 Å². The third-order valence-corrected chi connectivity index (χ3v) is 2.18. The van der Waals surface area contributed by atoms with E-state index in [2.05, 4.69) is 31.3 Å². The summed E-state index contributed by atoms with van der Waals surface area (Å²) >= 11 is 0. The molecule has 0 aliphatic heterocycles. The molecule has 0 radical (unpaired) electrons. The minimum atomic E-state index is 0.639. The molecule has 1 aliphatic rings. The Kier molecular flexibility index (Phi) is 3.64. The van der Waals surface area contributed by atoms with Crippen molar-refractivity contribution in [1.82, 2.24) is 5.32 Å². The van der Waals surface area contributed by atoms with E-state index < -0.39 is 0 Å². The molecule has 1 heteroatoms. The van der Waals surface area contributed by atoms with Crippen molar-refractivity contribution in [2.45, 2.75) is 39.2 Å². The maximum atomic E-state index is 3.44. The van der Waals surface area contributed by atoms with Crippen molar-refractivity contribution in [3.8, 4) is 0 Å². The number of rotatable bonds is 4. The van der Waals surface area contributed by atoms with Crippen molar-refractivity contribution in [3.05, 3.63) is 12.2 Å². The molecule has 0 aromatic rings. The highest BCUT2D eigenvalue weighted by Crippen LogP contribution is 2.19. The monoisotopic (exact) mass is 153 g/mol. The molecule has 1 atom stereocenters. The molecule has 0 aromatic carbocycles. The molecular formula is C10H19N. The maximum absolute atomic E-state index is 3.44. The number of hydrogen-bond acceptors (Lipinski definition) is 1. The summed E-state index contributed by atoms with van der Waals surface area (Å²) in [5, 5.41) is 3.44.